The number of hydrogen-bond acceptors (Lipinski definition) is 5. The molecule has 0 aliphatic carbocycles. The van der Waals surface area contributed by atoms with Crippen molar-refractivity contribution in [1.82, 2.24) is 4.90 Å². The first-order chi connectivity index (χ1) is 15.3. The maximum atomic E-state index is 13.4. The Morgan fingerprint density at radius 2 is 1.72 bits per heavy atom. The van der Waals surface area contributed by atoms with Gasteiger partial charge in [-0.1, -0.05) is 31.9 Å². The summed E-state index contributed by atoms with van der Waals surface area (Å²) in [6.07, 6.45) is 3.75. The molecule has 1 fully saturated rings. The second-order valence-electron chi connectivity index (χ2n) is 8.63. The molecule has 1 atom stereocenters. The normalized spacial score (nSPS) is 17.2. The lowest BCUT2D eigenvalue weighted by Crippen LogP contribution is -2.40. The zero-order valence-corrected chi connectivity index (χ0v) is 20.1. The fourth-order valence-electron chi connectivity index (χ4n) is 3.89. The van der Waals surface area contributed by atoms with E-state index in [2.05, 4.69) is 6.92 Å². The van der Waals surface area contributed by atoms with Crippen LogP contribution in [0.4, 0.5) is 5.69 Å². The summed E-state index contributed by atoms with van der Waals surface area (Å²) in [6, 6.07) is 14.8. The molecule has 1 aliphatic rings. The average molecular weight is 459 g/mol. The summed E-state index contributed by atoms with van der Waals surface area (Å²) in [5, 5.41) is 0. The molecule has 1 amide bonds. The molecule has 2 aromatic rings. The maximum Gasteiger partial charge on any atom is 0.254 e. The summed E-state index contributed by atoms with van der Waals surface area (Å²) < 4.78 is 30.0. The first-order valence-electron chi connectivity index (χ1n) is 11.3. The molecule has 0 saturated carbocycles. The largest absolute Gasteiger partial charge is 0.494 e. The first kappa shape index (κ1) is 24.1. The lowest BCUT2D eigenvalue weighted by molar-refractivity contribution is 0.0681. The van der Waals surface area contributed by atoms with E-state index in [-0.39, 0.29) is 23.5 Å². The summed E-state index contributed by atoms with van der Waals surface area (Å²) in [4.78, 5) is 17.1. The van der Waals surface area contributed by atoms with Crippen LogP contribution in [-0.4, -0.2) is 57.5 Å². The van der Waals surface area contributed by atoms with Gasteiger partial charge in [0.15, 0.2) is 9.84 Å². The van der Waals surface area contributed by atoms with Crippen LogP contribution in [0, 0.1) is 0 Å². The van der Waals surface area contributed by atoms with Gasteiger partial charge in [0.25, 0.3) is 5.91 Å². The van der Waals surface area contributed by atoms with Crippen molar-refractivity contribution in [3.63, 3.8) is 0 Å². The van der Waals surface area contributed by atoms with Gasteiger partial charge in [0, 0.05) is 37.9 Å². The van der Waals surface area contributed by atoms with Gasteiger partial charge < -0.3 is 14.5 Å². The van der Waals surface area contributed by atoms with Gasteiger partial charge in [-0.25, -0.2) is 8.42 Å². The predicted octanol–water partition coefficient (Wildman–Crippen LogP) is 4.15. The Bertz CT molecular complexity index is 986. The lowest BCUT2D eigenvalue weighted by Gasteiger charge is -2.29. The van der Waals surface area contributed by atoms with E-state index in [0.717, 1.165) is 36.3 Å². The van der Waals surface area contributed by atoms with Crippen molar-refractivity contribution in [3.05, 3.63) is 59.7 Å². The smallest absolute Gasteiger partial charge is 0.254 e. The molecule has 1 heterocycles. The maximum absolute atomic E-state index is 13.4. The zero-order chi connectivity index (χ0) is 23.1. The highest BCUT2D eigenvalue weighted by Gasteiger charge is 2.35. The van der Waals surface area contributed by atoms with Crippen molar-refractivity contribution in [3.8, 4) is 5.75 Å². The van der Waals surface area contributed by atoms with Gasteiger partial charge in [-0.3, -0.25) is 4.79 Å². The van der Waals surface area contributed by atoms with Crippen LogP contribution in [0.5, 0.6) is 5.75 Å². The van der Waals surface area contributed by atoms with Crippen molar-refractivity contribution in [2.45, 2.75) is 45.2 Å². The van der Waals surface area contributed by atoms with Crippen molar-refractivity contribution in [2.75, 3.05) is 37.1 Å². The van der Waals surface area contributed by atoms with Crippen LogP contribution in [0.15, 0.2) is 48.5 Å². The number of hydrogen-bond donors (Lipinski definition) is 0. The van der Waals surface area contributed by atoms with Gasteiger partial charge >= 0.3 is 0 Å². The predicted molar refractivity (Wildman–Crippen MR) is 129 cm³/mol. The summed E-state index contributed by atoms with van der Waals surface area (Å²) in [5.74, 6) is 0.742. The third kappa shape index (κ3) is 6.48. The number of carbonyl (C=O) groups excluding carboxylic acids is 1. The van der Waals surface area contributed by atoms with Crippen molar-refractivity contribution in [2.24, 2.45) is 0 Å². The topological polar surface area (TPSA) is 66.9 Å². The lowest BCUT2D eigenvalue weighted by atomic mass is 10.1. The van der Waals surface area contributed by atoms with E-state index < -0.39 is 9.84 Å². The van der Waals surface area contributed by atoms with E-state index in [4.69, 9.17) is 4.74 Å². The molecule has 0 bridgehead atoms. The van der Waals surface area contributed by atoms with Crippen LogP contribution in [0.25, 0.3) is 0 Å². The number of carbonyl (C=O) groups is 1. The quantitative estimate of drug-likeness (QED) is 0.501. The molecule has 7 heteroatoms. The molecule has 0 aromatic heterocycles. The third-order valence-electron chi connectivity index (χ3n) is 5.83. The average Bonchev–Trinajstić information content (AvgIpc) is 3.14. The molecule has 0 spiro atoms. The second kappa shape index (κ2) is 10.9. The van der Waals surface area contributed by atoms with Gasteiger partial charge in [-0.05, 0) is 54.8 Å². The number of amides is 1. The Balaban J connectivity index is 1.76. The molecule has 174 valence electrons. The fourth-order valence-corrected chi connectivity index (χ4v) is 5.62. The van der Waals surface area contributed by atoms with E-state index in [1.807, 2.05) is 55.4 Å². The number of unbranched alkanes of at least 4 members (excludes halogenated alkanes) is 2. The van der Waals surface area contributed by atoms with Gasteiger partial charge in [0.2, 0.25) is 0 Å². The van der Waals surface area contributed by atoms with Crippen LogP contribution in [0.2, 0.25) is 0 Å². The Morgan fingerprint density at radius 3 is 2.28 bits per heavy atom. The molecule has 0 radical (unpaired) electrons. The van der Waals surface area contributed by atoms with E-state index in [1.165, 1.54) is 0 Å². The first-order valence-corrected chi connectivity index (χ1v) is 13.1. The molecular weight excluding hydrogens is 424 g/mol. The minimum Gasteiger partial charge on any atom is -0.494 e. The highest BCUT2D eigenvalue weighted by atomic mass is 32.2. The molecule has 2 aromatic carbocycles. The van der Waals surface area contributed by atoms with Crippen molar-refractivity contribution in [1.29, 1.82) is 0 Å². The molecule has 6 nitrogen and oxygen atoms in total. The van der Waals surface area contributed by atoms with Crippen LogP contribution < -0.4 is 9.64 Å². The number of rotatable bonds is 10. The summed E-state index contributed by atoms with van der Waals surface area (Å²) in [5.41, 5.74) is 2.59. The molecular formula is C25H34N2O4S. The van der Waals surface area contributed by atoms with Crippen molar-refractivity contribution >= 4 is 21.4 Å². The second-order valence-corrected chi connectivity index (χ2v) is 10.9. The Labute approximate surface area is 192 Å². The van der Waals surface area contributed by atoms with Gasteiger partial charge in [-0.2, -0.15) is 0 Å². The number of ether oxygens (including phenoxy) is 1. The summed E-state index contributed by atoms with van der Waals surface area (Å²) >= 11 is 0. The van der Waals surface area contributed by atoms with Gasteiger partial charge in [0.1, 0.15) is 5.75 Å². The minimum absolute atomic E-state index is 0.0210. The number of anilines is 1. The third-order valence-corrected chi connectivity index (χ3v) is 7.58. The number of sulfone groups is 1. The van der Waals surface area contributed by atoms with E-state index >= 15 is 0 Å². The number of nitrogens with zero attached hydrogens (tertiary/aromatic N) is 2. The molecule has 1 saturated heterocycles. The Kier molecular flexibility index (Phi) is 8.18. The minimum atomic E-state index is -3.11. The van der Waals surface area contributed by atoms with Crippen LogP contribution in [0.1, 0.15) is 48.5 Å². The van der Waals surface area contributed by atoms with Crippen molar-refractivity contribution < 1.29 is 17.9 Å². The Hall–Kier alpha value is -2.54. The molecule has 32 heavy (non-hydrogen) atoms. The van der Waals surface area contributed by atoms with E-state index in [0.29, 0.717) is 25.1 Å². The highest BCUT2D eigenvalue weighted by Crippen LogP contribution is 2.24. The van der Waals surface area contributed by atoms with Crippen LogP contribution in [-0.2, 0) is 16.4 Å². The number of benzene rings is 2. The molecule has 0 unspecified atom stereocenters. The molecule has 1 aliphatic heterocycles. The zero-order valence-electron chi connectivity index (χ0n) is 19.3. The highest BCUT2D eigenvalue weighted by molar-refractivity contribution is 7.91. The van der Waals surface area contributed by atoms with Crippen LogP contribution in [0.3, 0.4) is 0 Å². The van der Waals surface area contributed by atoms with Gasteiger partial charge in [0.05, 0.1) is 18.1 Å². The summed E-state index contributed by atoms with van der Waals surface area (Å²) in [6.45, 7) is 3.19. The van der Waals surface area contributed by atoms with E-state index in [1.54, 1.807) is 17.0 Å². The van der Waals surface area contributed by atoms with Gasteiger partial charge in [-0.15, -0.1) is 0 Å². The Morgan fingerprint density at radius 1 is 1.03 bits per heavy atom. The van der Waals surface area contributed by atoms with E-state index in [9.17, 15) is 13.2 Å². The summed E-state index contributed by atoms with van der Waals surface area (Å²) in [7, 11) is 0.846. The molecule has 0 N–H and O–H groups in total. The standard InChI is InChI=1S/C25H34N2O4S/c1-4-5-6-16-31-24-13-9-21(10-14-24)25(28)27(23-15-17-32(29,30)19-23)18-20-7-11-22(12-8-20)26(2)3/h7-14,23H,4-6,15-19H2,1-3H3/t23-/m1/s1. The van der Waals surface area contributed by atoms with Crippen LogP contribution >= 0.6 is 0 Å². The SMILES string of the molecule is CCCCCOc1ccc(C(=O)N(Cc2ccc(N(C)C)cc2)[C@@H]2CCS(=O)(=O)C2)cc1. The fraction of sp³-hybridized carbons (Fsp3) is 0.480. The monoisotopic (exact) mass is 458 g/mol. The molecule has 3 rings (SSSR count).